The molecule has 0 unspecified atom stereocenters. The first-order valence-corrected chi connectivity index (χ1v) is 8.83. The number of alkyl halides is 1. The molecule has 1 N–H and O–H groups in total. The van der Waals surface area contributed by atoms with Crippen molar-refractivity contribution >= 4 is 17.2 Å². The Morgan fingerprint density at radius 2 is 2.04 bits per heavy atom. The zero-order valence-corrected chi connectivity index (χ0v) is 14.7. The number of aromatic amines is 1. The fraction of sp³-hybridized carbons (Fsp3) is 0.350. The molecule has 1 aromatic carbocycles. The highest BCUT2D eigenvalue weighted by Gasteiger charge is 2.29. The average Bonchev–Trinajstić information content (AvgIpc) is 3.06. The number of carbonyl (C=O) groups is 1. The third-order valence-corrected chi connectivity index (χ3v) is 5.13. The van der Waals surface area contributed by atoms with Crippen molar-refractivity contribution in [2.75, 3.05) is 13.1 Å². The Balaban J connectivity index is 1.57. The summed E-state index contributed by atoms with van der Waals surface area (Å²) >= 11 is 0. The predicted octanol–water partition coefficient (Wildman–Crippen LogP) is 3.76. The lowest BCUT2D eigenvalue weighted by atomic mass is 9.95. The van der Waals surface area contributed by atoms with Gasteiger partial charge in [0.2, 0.25) is 0 Å². The number of aldehydes is 1. The monoisotopic (exact) mass is 352 g/mol. The molecule has 0 spiro atoms. The second-order valence-corrected chi connectivity index (χ2v) is 7.26. The molecule has 0 saturated carbocycles. The van der Waals surface area contributed by atoms with Gasteiger partial charge in [0, 0.05) is 43.0 Å². The fourth-order valence-electron chi connectivity index (χ4n) is 3.47. The van der Waals surface area contributed by atoms with Crippen molar-refractivity contribution in [2.45, 2.75) is 32.0 Å². The number of aromatic nitrogens is 3. The highest BCUT2D eigenvalue weighted by molar-refractivity contribution is 5.96. The second kappa shape index (κ2) is 6.61. The molecular formula is C20H21FN4O. The maximum Gasteiger partial charge on any atom is 0.168 e. The van der Waals surface area contributed by atoms with Crippen LogP contribution in [0.15, 0.2) is 36.7 Å². The molecule has 1 aliphatic heterocycles. The van der Waals surface area contributed by atoms with Crippen LogP contribution < -0.4 is 0 Å². The van der Waals surface area contributed by atoms with E-state index >= 15 is 0 Å². The van der Waals surface area contributed by atoms with E-state index in [-0.39, 0.29) is 0 Å². The minimum absolute atomic E-state index is 0.480. The van der Waals surface area contributed by atoms with Crippen LogP contribution in [0.1, 0.15) is 35.8 Å². The molecule has 5 nitrogen and oxygen atoms in total. The van der Waals surface area contributed by atoms with E-state index in [0.29, 0.717) is 18.5 Å². The van der Waals surface area contributed by atoms with E-state index in [0.717, 1.165) is 53.5 Å². The summed E-state index contributed by atoms with van der Waals surface area (Å²) < 4.78 is 14.0. The summed E-state index contributed by atoms with van der Waals surface area (Å²) in [6.07, 6.45) is 5.61. The number of hydrogen-bond donors (Lipinski definition) is 1. The van der Waals surface area contributed by atoms with E-state index in [2.05, 4.69) is 26.1 Å². The van der Waals surface area contributed by atoms with Gasteiger partial charge in [0.15, 0.2) is 6.29 Å². The number of fused-ring (bicyclic) bond motifs is 1. The van der Waals surface area contributed by atoms with Crippen LogP contribution in [0.3, 0.4) is 0 Å². The summed E-state index contributed by atoms with van der Waals surface area (Å²) in [4.78, 5) is 17.8. The topological polar surface area (TPSA) is 61.9 Å². The van der Waals surface area contributed by atoms with Gasteiger partial charge in [-0.25, -0.2) is 4.39 Å². The van der Waals surface area contributed by atoms with E-state index in [1.165, 1.54) is 0 Å². The number of piperidine rings is 1. The van der Waals surface area contributed by atoms with Gasteiger partial charge in [-0.15, -0.1) is 0 Å². The number of nitrogens with one attached hydrogen (secondary N) is 1. The van der Waals surface area contributed by atoms with Crippen molar-refractivity contribution < 1.29 is 9.18 Å². The molecule has 0 atom stereocenters. The largest absolute Gasteiger partial charge is 0.299 e. The molecule has 1 saturated heterocycles. The summed E-state index contributed by atoms with van der Waals surface area (Å²) in [7, 11) is 0. The maximum atomic E-state index is 14.0. The third-order valence-electron chi connectivity index (χ3n) is 5.13. The molecule has 2 aromatic heterocycles. The lowest BCUT2D eigenvalue weighted by Gasteiger charge is -2.34. The summed E-state index contributed by atoms with van der Waals surface area (Å²) in [5, 5.41) is 7.67. The number of likely N-dealkylation sites (tertiary alicyclic amines) is 1. The van der Waals surface area contributed by atoms with Gasteiger partial charge in [0.25, 0.3) is 0 Å². The van der Waals surface area contributed by atoms with Crippen molar-refractivity contribution in [2.24, 2.45) is 0 Å². The van der Waals surface area contributed by atoms with Crippen molar-refractivity contribution in [1.29, 1.82) is 0 Å². The van der Waals surface area contributed by atoms with E-state index < -0.39 is 5.67 Å². The molecule has 6 heteroatoms. The number of nitrogens with zero attached hydrogens (tertiary/aromatic N) is 3. The van der Waals surface area contributed by atoms with Crippen LogP contribution in [-0.4, -0.2) is 45.1 Å². The molecular weight excluding hydrogens is 331 g/mol. The van der Waals surface area contributed by atoms with Crippen LogP contribution in [0, 0.1) is 0 Å². The van der Waals surface area contributed by atoms with Crippen LogP contribution >= 0.6 is 0 Å². The molecule has 0 amide bonds. The van der Waals surface area contributed by atoms with Gasteiger partial charge < -0.3 is 0 Å². The van der Waals surface area contributed by atoms with Crippen LogP contribution in [-0.2, 0) is 6.54 Å². The van der Waals surface area contributed by atoms with Crippen molar-refractivity contribution in [3.05, 3.63) is 47.9 Å². The normalized spacial score (nSPS) is 17.5. The Morgan fingerprint density at radius 3 is 2.81 bits per heavy atom. The number of carbonyl (C=O) groups excluding carboxylic acids is 1. The van der Waals surface area contributed by atoms with Gasteiger partial charge in [0.1, 0.15) is 11.4 Å². The lowest BCUT2D eigenvalue weighted by molar-refractivity contribution is 0.0704. The van der Waals surface area contributed by atoms with Gasteiger partial charge in [-0.2, -0.15) is 5.10 Å². The number of benzene rings is 1. The van der Waals surface area contributed by atoms with Gasteiger partial charge in [0.05, 0.1) is 5.52 Å². The lowest BCUT2D eigenvalue weighted by Crippen LogP contribution is -2.39. The highest BCUT2D eigenvalue weighted by atomic mass is 19.1. The zero-order valence-electron chi connectivity index (χ0n) is 14.7. The van der Waals surface area contributed by atoms with Crippen molar-refractivity contribution in [1.82, 2.24) is 20.1 Å². The molecule has 4 rings (SSSR count). The molecule has 1 fully saturated rings. The smallest absolute Gasteiger partial charge is 0.168 e. The third kappa shape index (κ3) is 3.37. The Morgan fingerprint density at radius 1 is 1.23 bits per heavy atom. The van der Waals surface area contributed by atoms with E-state index in [1.807, 2.05) is 30.6 Å². The van der Waals surface area contributed by atoms with E-state index in [1.54, 1.807) is 6.92 Å². The van der Waals surface area contributed by atoms with Gasteiger partial charge >= 0.3 is 0 Å². The van der Waals surface area contributed by atoms with Gasteiger partial charge in [-0.05, 0) is 49.1 Å². The standard InChI is InChI=1S/C20H21FN4O/c1-20(21)4-6-25(7-5-20)12-14-8-16(11-22-10-14)15-2-3-18-17(9-15)19(13-26)24-23-18/h2-3,8-11,13H,4-7,12H2,1H3,(H,23,24). The Labute approximate surface area is 151 Å². The second-order valence-electron chi connectivity index (χ2n) is 7.26. The Bertz CT molecular complexity index is 940. The molecule has 3 heterocycles. The van der Waals surface area contributed by atoms with Crippen LogP contribution in [0.2, 0.25) is 0 Å². The van der Waals surface area contributed by atoms with Crippen molar-refractivity contribution in [3.63, 3.8) is 0 Å². The molecule has 1 aliphatic rings. The minimum Gasteiger partial charge on any atom is -0.299 e. The molecule has 0 bridgehead atoms. The SMILES string of the molecule is CC1(F)CCN(Cc2cncc(-c3ccc4n[nH]c(C=O)c4c3)c2)CC1. The van der Waals surface area contributed by atoms with E-state index in [4.69, 9.17) is 0 Å². The number of pyridine rings is 1. The fourth-order valence-corrected chi connectivity index (χ4v) is 3.47. The zero-order chi connectivity index (χ0) is 18.1. The van der Waals surface area contributed by atoms with Gasteiger partial charge in [-0.3, -0.25) is 19.8 Å². The van der Waals surface area contributed by atoms with Crippen molar-refractivity contribution in [3.8, 4) is 11.1 Å². The Kier molecular flexibility index (Phi) is 4.28. The van der Waals surface area contributed by atoms with Crippen LogP contribution in [0.5, 0.6) is 0 Å². The highest BCUT2D eigenvalue weighted by Crippen LogP contribution is 2.28. The molecule has 0 aliphatic carbocycles. The number of rotatable bonds is 4. The summed E-state index contributed by atoms with van der Waals surface area (Å²) in [5.74, 6) is 0. The number of halogens is 1. The molecule has 26 heavy (non-hydrogen) atoms. The first-order valence-electron chi connectivity index (χ1n) is 8.83. The molecule has 3 aromatic rings. The number of hydrogen-bond acceptors (Lipinski definition) is 4. The first-order chi connectivity index (χ1) is 12.5. The number of H-pyrrole nitrogens is 1. The quantitative estimate of drug-likeness (QED) is 0.726. The molecule has 134 valence electrons. The van der Waals surface area contributed by atoms with Crippen LogP contribution in [0.4, 0.5) is 4.39 Å². The predicted molar refractivity (Wildman–Crippen MR) is 98.7 cm³/mol. The van der Waals surface area contributed by atoms with Gasteiger partial charge in [-0.1, -0.05) is 6.07 Å². The average molecular weight is 352 g/mol. The minimum atomic E-state index is -1.03. The van der Waals surface area contributed by atoms with E-state index in [9.17, 15) is 9.18 Å². The van der Waals surface area contributed by atoms with Crippen LogP contribution in [0.25, 0.3) is 22.0 Å². The summed E-state index contributed by atoms with van der Waals surface area (Å²) in [6.45, 7) is 3.98. The Hall–Kier alpha value is -2.60. The summed E-state index contributed by atoms with van der Waals surface area (Å²) in [6, 6.07) is 7.94. The maximum absolute atomic E-state index is 14.0. The first kappa shape index (κ1) is 16.8. The summed E-state index contributed by atoms with van der Waals surface area (Å²) in [5.41, 5.74) is 3.30. The molecule has 0 radical (unpaired) electrons.